The van der Waals surface area contributed by atoms with Crippen LogP contribution in [0, 0.1) is 0 Å². The van der Waals surface area contributed by atoms with Crippen molar-refractivity contribution >= 4 is 5.91 Å². The number of rotatable bonds is 1. The van der Waals surface area contributed by atoms with Crippen LogP contribution in [0.5, 0.6) is 0 Å². The third-order valence-electron chi connectivity index (χ3n) is 3.36. The van der Waals surface area contributed by atoms with Crippen LogP contribution in [0.2, 0.25) is 0 Å². The van der Waals surface area contributed by atoms with Crippen LogP contribution in [-0.4, -0.2) is 65.1 Å². The number of nitrogens with zero attached hydrogens (tertiary/aromatic N) is 1. The summed E-state index contributed by atoms with van der Waals surface area (Å²) in [6.45, 7) is 1.31. The Kier molecular flexibility index (Phi) is 3.16. The molecule has 0 aromatic carbocycles. The van der Waals surface area contributed by atoms with Crippen LogP contribution in [-0.2, 0) is 9.53 Å². The topological polar surface area (TPSA) is 96.0 Å². The lowest BCUT2D eigenvalue weighted by molar-refractivity contribution is -0.140. The van der Waals surface area contributed by atoms with Gasteiger partial charge in [-0.15, -0.1) is 0 Å². The van der Waals surface area contributed by atoms with E-state index in [1.54, 1.807) is 0 Å². The number of hydrogen-bond acceptors (Lipinski definition) is 5. The predicted octanol–water partition coefficient (Wildman–Crippen LogP) is -1.94. The fourth-order valence-electron chi connectivity index (χ4n) is 2.20. The second-order valence-electron chi connectivity index (χ2n) is 4.61. The molecule has 2 rings (SSSR count). The molecule has 0 saturated carbocycles. The lowest BCUT2D eigenvalue weighted by Crippen LogP contribution is -2.57. The number of carbonyl (C=O) groups is 1. The van der Waals surface area contributed by atoms with Gasteiger partial charge in [-0.1, -0.05) is 0 Å². The molecule has 16 heavy (non-hydrogen) atoms. The Bertz CT molecular complexity index is 268. The van der Waals surface area contributed by atoms with E-state index in [4.69, 9.17) is 10.5 Å². The Balaban J connectivity index is 2.01. The number of amides is 1. The Morgan fingerprint density at radius 3 is 2.25 bits per heavy atom. The number of aliphatic hydroxyl groups is 2. The fraction of sp³-hybridized carbons (Fsp3) is 0.900. The molecule has 0 bridgehead atoms. The molecule has 92 valence electrons. The summed E-state index contributed by atoms with van der Waals surface area (Å²) >= 11 is 0. The van der Waals surface area contributed by atoms with Gasteiger partial charge in [0, 0.05) is 26.3 Å². The van der Waals surface area contributed by atoms with Crippen LogP contribution in [0.25, 0.3) is 0 Å². The van der Waals surface area contributed by atoms with Crippen molar-refractivity contribution in [3.05, 3.63) is 0 Å². The molecule has 0 aromatic heterocycles. The molecule has 2 fully saturated rings. The van der Waals surface area contributed by atoms with Crippen molar-refractivity contribution in [3.63, 3.8) is 0 Å². The summed E-state index contributed by atoms with van der Waals surface area (Å²) < 4.78 is 5.17. The summed E-state index contributed by atoms with van der Waals surface area (Å²) in [6.07, 6.45) is -0.719. The first-order valence-corrected chi connectivity index (χ1v) is 5.55. The van der Waals surface area contributed by atoms with E-state index >= 15 is 0 Å². The molecule has 0 unspecified atom stereocenters. The summed E-state index contributed by atoms with van der Waals surface area (Å²) in [5, 5.41) is 18.8. The maximum atomic E-state index is 12.1. The minimum Gasteiger partial charge on any atom is -0.388 e. The molecule has 0 aromatic rings. The molecular weight excluding hydrogens is 212 g/mol. The Labute approximate surface area is 94.0 Å². The van der Waals surface area contributed by atoms with E-state index in [1.165, 1.54) is 4.90 Å². The molecule has 4 N–H and O–H groups in total. The van der Waals surface area contributed by atoms with Crippen LogP contribution in [0.1, 0.15) is 12.8 Å². The van der Waals surface area contributed by atoms with Gasteiger partial charge in [-0.05, 0) is 12.8 Å². The standard InChI is InChI=1S/C10H18N2O4/c11-10(1-3-16-4-2-10)9(15)12-5-7(13)8(14)6-12/h7-8,13-14H,1-6,11H2/t7-,8+. The van der Waals surface area contributed by atoms with Crippen LogP contribution in [0.15, 0.2) is 0 Å². The van der Waals surface area contributed by atoms with Gasteiger partial charge in [-0.2, -0.15) is 0 Å². The molecule has 0 aliphatic carbocycles. The summed E-state index contributed by atoms with van der Waals surface area (Å²) in [4.78, 5) is 13.6. The SMILES string of the molecule is NC1(C(=O)N2C[C@@H](O)[C@@H](O)C2)CCOCC1. The van der Waals surface area contributed by atoms with Gasteiger partial charge in [-0.3, -0.25) is 4.79 Å². The minimum atomic E-state index is -0.887. The zero-order valence-corrected chi connectivity index (χ0v) is 9.13. The second-order valence-corrected chi connectivity index (χ2v) is 4.61. The highest BCUT2D eigenvalue weighted by atomic mass is 16.5. The molecule has 6 heteroatoms. The number of aliphatic hydroxyl groups excluding tert-OH is 2. The molecule has 0 radical (unpaired) electrons. The Morgan fingerprint density at radius 1 is 1.25 bits per heavy atom. The highest BCUT2D eigenvalue weighted by Gasteiger charge is 2.43. The van der Waals surface area contributed by atoms with E-state index in [1.807, 2.05) is 0 Å². The number of carbonyl (C=O) groups excluding carboxylic acids is 1. The first-order valence-electron chi connectivity index (χ1n) is 5.55. The van der Waals surface area contributed by atoms with Crippen LogP contribution >= 0.6 is 0 Å². The lowest BCUT2D eigenvalue weighted by Gasteiger charge is -2.35. The van der Waals surface area contributed by atoms with Crippen LogP contribution in [0.4, 0.5) is 0 Å². The second kappa shape index (κ2) is 4.29. The molecule has 2 aliphatic heterocycles. The summed E-state index contributed by atoms with van der Waals surface area (Å²) in [5.41, 5.74) is 5.15. The quantitative estimate of drug-likeness (QED) is 0.487. The summed E-state index contributed by atoms with van der Waals surface area (Å²) in [7, 11) is 0. The number of likely N-dealkylation sites (tertiary alicyclic amines) is 1. The fourth-order valence-corrected chi connectivity index (χ4v) is 2.20. The van der Waals surface area contributed by atoms with Gasteiger partial charge in [0.25, 0.3) is 0 Å². The maximum absolute atomic E-state index is 12.1. The van der Waals surface area contributed by atoms with Gasteiger partial charge in [0.15, 0.2) is 0 Å². The molecule has 2 atom stereocenters. The van der Waals surface area contributed by atoms with Gasteiger partial charge in [-0.25, -0.2) is 0 Å². The number of ether oxygens (including phenoxy) is 1. The van der Waals surface area contributed by atoms with Gasteiger partial charge in [0.05, 0.1) is 17.7 Å². The predicted molar refractivity (Wildman–Crippen MR) is 55.6 cm³/mol. The van der Waals surface area contributed by atoms with E-state index in [2.05, 4.69) is 0 Å². The average Bonchev–Trinajstić information content (AvgIpc) is 2.59. The highest BCUT2D eigenvalue weighted by Crippen LogP contribution is 2.23. The Hall–Kier alpha value is -0.690. The molecule has 1 amide bonds. The zero-order chi connectivity index (χ0) is 11.8. The van der Waals surface area contributed by atoms with Crippen molar-refractivity contribution in [1.29, 1.82) is 0 Å². The van der Waals surface area contributed by atoms with Crippen LogP contribution in [0.3, 0.4) is 0 Å². The van der Waals surface area contributed by atoms with E-state index in [0.717, 1.165) is 0 Å². The van der Waals surface area contributed by atoms with Crippen molar-refractivity contribution in [2.75, 3.05) is 26.3 Å². The third kappa shape index (κ3) is 2.06. The third-order valence-corrected chi connectivity index (χ3v) is 3.36. The summed E-state index contributed by atoms with van der Waals surface area (Å²) in [5.74, 6) is -0.189. The molecule has 2 saturated heterocycles. The van der Waals surface area contributed by atoms with Crippen molar-refractivity contribution in [3.8, 4) is 0 Å². The first-order chi connectivity index (χ1) is 7.53. The van der Waals surface area contributed by atoms with E-state index in [9.17, 15) is 15.0 Å². The zero-order valence-electron chi connectivity index (χ0n) is 9.13. The van der Waals surface area contributed by atoms with Crippen molar-refractivity contribution in [1.82, 2.24) is 4.90 Å². The van der Waals surface area contributed by atoms with Gasteiger partial charge in [0.1, 0.15) is 0 Å². The van der Waals surface area contributed by atoms with Gasteiger partial charge >= 0.3 is 0 Å². The molecular formula is C10H18N2O4. The molecule has 6 nitrogen and oxygen atoms in total. The minimum absolute atomic E-state index is 0.166. The number of hydrogen-bond donors (Lipinski definition) is 3. The molecule has 2 aliphatic rings. The monoisotopic (exact) mass is 230 g/mol. The first kappa shape index (κ1) is 11.8. The smallest absolute Gasteiger partial charge is 0.243 e. The van der Waals surface area contributed by atoms with E-state index < -0.39 is 17.7 Å². The summed E-state index contributed by atoms with van der Waals surface area (Å²) in [6, 6.07) is 0. The average molecular weight is 230 g/mol. The van der Waals surface area contributed by atoms with Crippen molar-refractivity contribution in [2.45, 2.75) is 30.6 Å². The number of nitrogens with two attached hydrogens (primary N) is 1. The van der Waals surface area contributed by atoms with Crippen LogP contribution < -0.4 is 5.73 Å². The van der Waals surface area contributed by atoms with E-state index in [-0.39, 0.29) is 19.0 Å². The normalized spacial score (nSPS) is 34.1. The Morgan fingerprint density at radius 2 is 1.75 bits per heavy atom. The molecule has 2 heterocycles. The molecule has 0 spiro atoms. The largest absolute Gasteiger partial charge is 0.388 e. The highest BCUT2D eigenvalue weighted by molar-refractivity contribution is 5.86. The van der Waals surface area contributed by atoms with E-state index in [0.29, 0.717) is 26.1 Å². The lowest BCUT2D eigenvalue weighted by atomic mass is 9.90. The number of β-amino-alcohol motifs (C(OH)–C–C–N with tert-alkyl or cyclic N) is 2. The van der Waals surface area contributed by atoms with Crippen molar-refractivity contribution < 1.29 is 19.7 Å². The maximum Gasteiger partial charge on any atom is 0.243 e. The van der Waals surface area contributed by atoms with Crippen molar-refractivity contribution in [2.24, 2.45) is 5.73 Å². The van der Waals surface area contributed by atoms with Gasteiger partial charge < -0.3 is 25.6 Å². The van der Waals surface area contributed by atoms with Gasteiger partial charge in [0.2, 0.25) is 5.91 Å².